The molecule has 0 aromatic heterocycles. The van der Waals surface area contributed by atoms with Crippen LogP contribution in [0.1, 0.15) is 36.7 Å². The molecular weight excluding hydrogens is 406 g/mol. The number of ether oxygens (including phenoxy) is 1. The van der Waals surface area contributed by atoms with E-state index in [2.05, 4.69) is 5.32 Å². The monoisotopic (exact) mass is 431 g/mol. The summed E-state index contributed by atoms with van der Waals surface area (Å²) in [6.07, 6.45) is -0.0166. The molecule has 1 atom stereocenters. The quantitative estimate of drug-likeness (QED) is 0.770. The molecule has 0 spiro atoms. The molecule has 8 nitrogen and oxygen atoms in total. The zero-order valence-corrected chi connectivity index (χ0v) is 18.1. The van der Waals surface area contributed by atoms with Crippen molar-refractivity contribution in [2.45, 2.75) is 32.3 Å². The number of nitrogens with one attached hydrogen (secondary N) is 1. The van der Waals surface area contributed by atoms with Gasteiger partial charge < -0.3 is 15.8 Å². The number of benzene rings is 2. The molecule has 0 radical (unpaired) electrons. The van der Waals surface area contributed by atoms with Crippen molar-refractivity contribution in [2.75, 3.05) is 22.4 Å². The zero-order chi connectivity index (χ0) is 22.3. The second kappa shape index (κ2) is 7.64. The molecule has 160 valence electrons. The fourth-order valence-electron chi connectivity index (χ4n) is 3.19. The number of primary amides is 1. The predicted molar refractivity (Wildman–Crippen MR) is 115 cm³/mol. The third kappa shape index (κ3) is 4.40. The Morgan fingerprint density at radius 3 is 2.43 bits per heavy atom. The third-order valence-corrected chi connectivity index (χ3v) is 5.98. The van der Waals surface area contributed by atoms with E-state index in [1.54, 1.807) is 30.3 Å². The Bertz CT molecular complexity index is 1110. The Kier molecular flexibility index (Phi) is 5.51. The van der Waals surface area contributed by atoms with Gasteiger partial charge in [-0.3, -0.25) is 13.9 Å². The Morgan fingerprint density at radius 2 is 1.83 bits per heavy atom. The minimum absolute atomic E-state index is 0.150. The second-order valence-corrected chi connectivity index (χ2v) is 10.1. The van der Waals surface area contributed by atoms with Gasteiger partial charge in [0.1, 0.15) is 5.75 Å². The molecule has 0 saturated carbocycles. The molecule has 2 aromatic carbocycles. The minimum Gasteiger partial charge on any atom is -0.476 e. The highest BCUT2D eigenvalue weighted by Gasteiger charge is 2.36. The number of sulfonamides is 1. The summed E-state index contributed by atoms with van der Waals surface area (Å²) in [6, 6.07) is 11.6. The van der Waals surface area contributed by atoms with Crippen LogP contribution in [-0.2, 0) is 20.2 Å². The van der Waals surface area contributed by atoms with E-state index < -0.39 is 27.9 Å². The van der Waals surface area contributed by atoms with E-state index >= 15 is 0 Å². The molecule has 3 N–H and O–H groups in total. The number of hydrogen-bond acceptors (Lipinski definition) is 5. The minimum atomic E-state index is -3.66. The van der Waals surface area contributed by atoms with Crippen LogP contribution in [-0.4, -0.2) is 39.1 Å². The van der Waals surface area contributed by atoms with Crippen LogP contribution in [0.2, 0.25) is 0 Å². The SMILES string of the molecule is CC(C)(C)c1ccc2c(c1)N(S(C)(=O)=O)CC(C(=O)Nc1ccccc1C(N)=O)O2. The fourth-order valence-corrected chi connectivity index (χ4v) is 4.09. The van der Waals surface area contributed by atoms with Crippen molar-refractivity contribution in [1.82, 2.24) is 0 Å². The van der Waals surface area contributed by atoms with Crippen molar-refractivity contribution in [3.8, 4) is 5.75 Å². The van der Waals surface area contributed by atoms with Crippen LogP contribution in [0.3, 0.4) is 0 Å². The summed E-state index contributed by atoms with van der Waals surface area (Å²) in [4.78, 5) is 24.4. The molecule has 0 saturated heterocycles. The summed E-state index contributed by atoms with van der Waals surface area (Å²) in [5.41, 5.74) is 6.88. The first-order valence-electron chi connectivity index (χ1n) is 9.36. The van der Waals surface area contributed by atoms with Gasteiger partial charge in [0.25, 0.3) is 11.8 Å². The first kappa shape index (κ1) is 21.6. The van der Waals surface area contributed by atoms with Crippen LogP contribution >= 0.6 is 0 Å². The first-order valence-corrected chi connectivity index (χ1v) is 11.2. The maximum Gasteiger partial charge on any atom is 0.267 e. The van der Waals surface area contributed by atoms with Gasteiger partial charge in [-0.25, -0.2) is 8.42 Å². The first-order chi connectivity index (χ1) is 13.9. The molecule has 30 heavy (non-hydrogen) atoms. The van der Waals surface area contributed by atoms with Gasteiger partial charge in [-0.2, -0.15) is 0 Å². The molecular formula is C21H25N3O5S. The molecule has 1 unspecified atom stereocenters. The van der Waals surface area contributed by atoms with Crippen molar-refractivity contribution in [3.05, 3.63) is 53.6 Å². The van der Waals surface area contributed by atoms with Crippen molar-refractivity contribution in [1.29, 1.82) is 0 Å². The number of nitrogens with zero attached hydrogens (tertiary/aromatic N) is 1. The lowest BCUT2D eigenvalue weighted by atomic mass is 9.86. The summed E-state index contributed by atoms with van der Waals surface area (Å²) < 4.78 is 31.9. The number of rotatable bonds is 4. The van der Waals surface area contributed by atoms with Gasteiger partial charge in [-0.05, 0) is 35.2 Å². The predicted octanol–water partition coefficient (Wildman–Crippen LogP) is 2.25. The lowest BCUT2D eigenvalue weighted by molar-refractivity contribution is -0.122. The fraction of sp³-hybridized carbons (Fsp3) is 0.333. The average Bonchev–Trinajstić information content (AvgIpc) is 2.65. The average molecular weight is 432 g/mol. The van der Waals surface area contributed by atoms with E-state index in [-0.39, 0.29) is 23.2 Å². The number of carbonyl (C=O) groups excluding carboxylic acids is 2. The van der Waals surface area contributed by atoms with Crippen LogP contribution in [0.4, 0.5) is 11.4 Å². The van der Waals surface area contributed by atoms with Crippen LogP contribution < -0.4 is 20.1 Å². The Labute approximate surface area is 176 Å². The summed E-state index contributed by atoms with van der Waals surface area (Å²) in [7, 11) is -3.66. The van der Waals surface area contributed by atoms with Gasteiger partial charge in [-0.1, -0.05) is 39.0 Å². The standard InChI is InChI=1S/C21H25N3O5S/c1-21(2,3)13-9-10-17-16(11-13)24(30(4,27)28)12-18(29-17)20(26)23-15-8-6-5-7-14(15)19(22)25/h5-11,18H,12H2,1-4H3,(H2,22,25)(H,23,26). The maximum atomic E-state index is 12.8. The maximum absolute atomic E-state index is 12.8. The molecule has 2 amide bonds. The largest absolute Gasteiger partial charge is 0.476 e. The second-order valence-electron chi connectivity index (χ2n) is 8.23. The zero-order valence-electron chi connectivity index (χ0n) is 17.3. The van der Waals surface area contributed by atoms with Crippen molar-refractivity contribution in [3.63, 3.8) is 0 Å². The molecule has 3 rings (SSSR count). The summed E-state index contributed by atoms with van der Waals surface area (Å²) in [5, 5.41) is 2.61. The lowest BCUT2D eigenvalue weighted by Crippen LogP contribution is -2.48. The van der Waals surface area contributed by atoms with E-state index in [4.69, 9.17) is 10.5 Å². The number of nitrogens with two attached hydrogens (primary N) is 1. The van der Waals surface area contributed by atoms with Crippen molar-refractivity contribution in [2.24, 2.45) is 5.73 Å². The summed E-state index contributed by atoms with van der Waals surface area (Å²) in [6.45, 7) is 5.88. The highest BCUT2D eigenvalue weighted by molar-refractivity contribution is 7.92. The van der Waals surface area contributed by atoms with Crippen molar-refractivity contribution < 1.29 is 22.7 Å². The van der Waals surface area contributed by atoms with E-state index in [1.165, 1.54) is 10.4 Å². The topological polar surface area (TPSA) is 119 Å². The van der Waals surface area contributed by atoms with Crippen LogP contribution in [0.5, 0.6) is 5.75 Å². The van der Waals surface area contributed by atoms with Gasteiger partial charge in [-0.15, -0.1) is 0 Å². The number of para-hydroxylation sites is 1. The normalized spacial score (nSPS) is 16.4. The Morgan fingerprint density at radius 1 is 1.17 bits per heavy atom. The van der Waals surface area contributed by atoms with Gasteiger partial charge >= 0.3 is 0 Å². The van der Waals surface area contributed by atoms with Gasteiger partial charge in [0.05, 0.1) is 29.7 Å². The van der Waals surface area contributed by atoms with Crippen LogP contribution in [0, 0.1) is 0 Å². The summed E-state index contributed by atoms with van der Waals surface area (Å²) >= 11 is 0. The van der Waals surface area contributed by atoms with Crippen LogP contribution in [0.15, 0.2) is 42.5 Å². The van der Waals surface area contributed by atoms with Gasteiger partial charge in [0, 0.05) is 0 Å². The molecule has 1 aliphatic heterocycles. The highest BCUT2D eigenvalue weighted by Crippen LogP contribution is 2.38. The van der Waals surface area contributed by atoms with E-state index in [1.807, 2.05) is 26.8 Å². The number of carbonyl (C=O) groups is 2. The summed E-state index contributed by atoms with van der Waals surface area (Å²) in [5.74, 6) is -0.973. The highest BCUT2D eigenvalue weighted by atomic mass is 32.2. The van der Waals surface area contributed by atoms with Gasteiger partial charge in [0.2, 0.25) is 10.0 Å². The Balaban J connectivity index is 1.95. The van der Waals surface area contributed by atoms with E-state index in [0.29, 0.717) is 11.4 Å². The van der Waals surface area contributed by atoms with E-state index in [0.717, 1.165) is 11.8 Å². The molecule has 0 bridgehead atoms. The van der Waals surface area contributed by atoms with Crippen LogP contribution in [0.25, 0.3) is 0 Å². The number of hydrogen-bond donors (Lipinski definition) is 2. The molecule has 1 aliphatic rings. The van der Waals surface area contributed by atoms with Crippen molar-refractivity contribution >= 4 is 33.2 Å². The number of amides is 2. The lowest BCUT2D eigenvalue weighted by Gasteiger charge is -2.35. The smallest absolute Gasteiger partial charge is 0.267 e. The Hall–Kier alpha value is -3.07. The molecule has 2 aromatic rings. The molecule has 9 heteroatoms. The number of anilines is 2. The van der Waals surface area contributed by atoms with Gasteiger partial charge in [0.15, 0.2) is 6.10 Å². The number of fused-ring (bicyclic) bond motifs is 1. The molecule has 1 heterocycles. The molecule has 0 aliphatic carbocycles. The van der Waals surface area contributed by atoms with E-state index in [9.17, 15) is 18.0 Å². The molecule has 0 fully saturated rings. The third-order valence-electron chi connectivity index (χ3n) is 4.84.